The standard InChI is InChI=1S/C15H20N2O4/c1-15(2,3)21-14(20)17-8-10-6-4-5-7-11(10)16-13(19)12(17)9-18/h4-7,12,18H,8-9H2,1-3H3,(H,16,19)/t12-/m1/s1. The first kappa shape index (κ1) is 15.3. The van der Waals surface area contributed by atoms with Crippen LogP contribution in [0.4, 0.5) is 10.5 Å². The summed E-state index contributed by atoms with van der Waals surface area (Å²) in [4.78, 5) is 25.7. The summed E-state index contributed by atoms with van der Waals surface area (Å²) in [6.45, 7) is 5.01. The van der Waals surface area contributed by atoms with Gasteiger partial charge in [0.15, 0.2) is 0 Å². The molecule has 21 heavy (non-hydrogen) atoms. The van der Waals surface area contributed by atoms with Crippen LogP contribution < -0.4 is 5.32 Å². The molecule has 2 amide bonds. The average Bonchev–Trinajstić information content (AvgIpc) is 2.52. The zero-order valence-electron chi connectivity index (χ0n) is 12.4. The summed E-state index contributed by atoms with van der Waals surface area (Å²) in [5, 5.41) is 12.2. The van der Waals surface area contributed by atoms with Crippen LogP contribution in [0, 0.1) is 0 Å². The van der Waals surface area contributed by atoms with Gasteiger partial charge in [-0.15, -0.1) is 0 Å². The van der Waals surface area contributed by atoms with Gasteiger partial charge < -0.3 is 15.2 Å². The second kappa shape index (κ2) is 5.73. The van der Waals surface area contributed by atoms with Gasteiger partial charge in [-0.2, -0.15) is 0 Å². The van der Waals surface area contributed by atoms with E-state index in [1.807, 2.05) is 12.1 Å². The van der Waals surface area contributed by atoms with Crippen molar-refractivity contribution in [3.05, 3.63) is 29.8 Å². The molecule has 1 atom stereocenters. The molecule has 0 saturated heterocycles. The number of aliphatic hydroxyl groups is 1. The van der Waals surface area contributed by atoms with Crippen molar-refractivity contribution in [2.45, 2.75) is 39.0 Å². The molecule has 0 aliphatic carbocycles. The molecule has 1 aliphatic heterocycles. The number of benzene rings is 1. The largest absolute Gasteiger partial charge is 0.444 e. The molecule has 0 spiro atoms. The van der Waals surface area contributed by atoms with Gasteiger partial charge in [0, 0.05) is 5.69 Å². The van der Waals surface area contributed by atoms with Gasteiger partial charge in [-0.3, -0.25) is 9.69 Å². The molecule has 1 aliphatic rings. The fourth-order valence-electron chi connectivity index (χ4n) is 2.13. The van der Waals surface area contributed by atoms with E-state index in [0.717, 1.165) is 5.56 Å². The number of nitrogens with zero attached hydrogens (tertiary/aromatic N) is 1. The van der Waals surface area contributed by atoms with Crippen molar-refractivity contribution in [1.29, 1.82) is 0 Å². The second-order valence-corrected chi connectivity index (χ2v) is 5.95. The number of hydrogen-bond acceptors (Lipinski definition) is 4. The van der Waals surface area contributed by atoms with Crippen LogP contribution in [-0.2, 0) is 16.1 Å². The average molecular weight is 292 g/mol. The fourth-order valence-corrected chi connectivity index (χ4v) is 2.13. The maximum Gasteiger partial charge on any atom is 0.411 e. The minimum atomic E-state index is -0.966. The molecule has 2 rings (SSSR count). The Morgan fingerprint density at radius 2 is 2.10 bits per heavy atom. The fraction of sp³-hybridized carbons (Fsp3) is 0.467. The summed E-state index contributed by atoms with van der Waals surface area (Å²) >= 11 is 0. The van der Waals surface area contributed by atoms with Crippen LogP contribution in [0.1, 0.15) is 26.3 Å². The number of ether oxygens (including phenoxy) is 1. The molecule has 0 aromatic heterocycles. The minimum absolute atomic E-state index is 0.203. The van der Waals surface area contributed by atoms with Crippen molar-refractivity contribution in [1.82, 2.24) is 4.90 Å². The number of para-hydroxylation sites is 1. The molecule has 0 radical (unpaired) electrons. The number of rotatable bonds is 1. The third-order valence-electron chi connectivity index (χ3n) is 3.10. The Balaban J connectivity index is 2.33. The van der Waals surface area contributed by atoms with Gasteiger partial charge in [-0.05, 0) is 32.4 Å². The van der Waals surface area contributed by atoms with Crippen LogP contribution >= 0.6 is 0 Å². The zero-order chi connectivity index (χ0) is 15.6. The normalized spacial score (nSPS) is 18.6. The lowest BCUT2D eigenvalue weighted by Crippen LogP contribution is -2.49. The van der Waals surface area contributed by atoms with Gasteiger partial charge in [0.05, 0.1) is 13.2 Å². The van der Waals surface area contributed by atoms with Gasteiger partial charge >= 0.3 is 6.09 Å². The molecular weight excluding hydrogens is 272 g/mol. The number of carbonyl (C=O) groups excluding carboxylic acids is 2. The number of nitrogens with one attached hydrogen (secondary N) is 1. The number of hydrogen-bond donors (Lipinski definition) is 2. The number of amides is 2. The smallest absolute Gasteiger partial charge is 0.411 e. The van der Waals surface area contributed by atoms with Crippen molar-refractivity contribution in [3.63, 3.8) is 0 Å². The van der Waals surface area contributed by atoms with Gasteiger partial charge in [-0.1, -0.05) is 18.2 Å². The van der Waals surface area contributed by atoms with Crippen LogP contribution in [0.5, 0.6) is 0 Å². The van der Waals surface area contributed by atoms with Gasteiger partial charge in [-0.25, -0.2) is 4.79 Å². The van der Waals surface area contributed by atoms with E-state index in [1.54, 1.807) is 32.9 Å². The van der Waals surface area contributed by atoms with Crippen LogP contribution in [-0.4, -0.2) is 40.3 Å². The predicted octanol–water partition coefficient (Wildman–Crippen LogP) is 1.74. The van der Waals surface area contributed by atoms with Crippen LogP contribution in [0.3, 0.4) is 0 Å². The maximum absolute atomic E-state index is 12.3. The number of anilines is 1. The van der Waals surface area contributed by atoms with Crippen LogP contribution in [0.15, 0.2) is 24.3 Å². The van der Waals surface area contributed by atoms with E-state index in [9.17, 15) is 14.7 Å². The number of carbonyl (C=O) groups is 2. The lowest BCUT2D eigenvalue weighted by atomic mass is 10.1. The Bertz CT molecular complexity index is 551. The predicted molar refractivity (Wildman–Crippen MR) is 77.7 cm³/mol. The molecular formula is C15H20N2O4. The molecule has 0 bridgehead atoms. The number of aliphatic hydroxyl groups excluding tert-OH is 1. The Morgan fingerprint density at radius 3 is 2.71 bits per heavy atom. The van der Waals surface area contributed by atoms with Crippen molar-refractivity contribution in [3.8, 4) is 0 Å². The van der Waals surface area contributed by atoms with E-state index in [2.05, 4.69) is 5.32 Å². The highest BCUT2D eigenvalue weighted by atomic mass is 16.6. The third-order valence-corrected chi connectivity index (χ3v) is 3.10. The summed E-state index contributed by atoms with van der Waals surface area (Å²) in [6, 6.07) is 6.26. The quantitative estimate of drug-likeness (QED) is 0.826. The SMILES string of the molecule is CC(C)(C)OC(=O)N1Cc2ccccc2NC(=O)[C@H]1CO. The maximum atomic E-state index is 12.3. The second-order valence-electron chi connectivity index (χ2n) is 5.95. The van der Waals surface area contributed by atoms with Crippen molar-refractivity contribution >= 4 is 17.7 Å². The lowest BCUT2D eigenvalue weighted by molar-refractivity contribution is -0.122. The molecule has 0 saturated carbocycles. The van der Waals surface area contributed by atoms with E-state index in [1.165, 1.54) is 4.90 Å². The van der Waals surface area contributed by atoms with E-state index >= 15 is 0 Å². The zero-order valence-corrected chi connectivity index (χ0v) is 12.4. The topological polar surface area (TPSA) is 78.9 Å². The Kier molecular flexibility index (Phi) is 4.18. The summed E-state index contributed by atoms with van der Waals surface area (Å²) < 4.78 is 5.32. The van der Waals surface area contributed by atoms with Crippen molar-refractivity contribution in [2.75, 3.05) is 11.9 Å². The number of fused-ring (bicyclic) bond motifs is 1. The van der Waals surface area contributed by atoms with E-state index in [4.69, 9.17) is 4.74 Å². The molecule has 1 heterocycles. The molecule has 2 N–H and O–H groups in total. The summed E-state index contributed by atoms with van der Waals surface area (Å²) in [6.07, 6.45) is -0.617. The summed E-state index contributed by atoms with van der Waals surface area (Å²) in [5.74, 6) is -0.423. The molecule has 6 heteroatoms. The van der Waals surface area contributed by atoms with Crippen LogP contribution in [0.25, 0.3) is 0 Å². The first-order valence-corrected chi connectivity index (χ1v) is 6.81. The van der Waals surface area contributed by atoms with E-state index in [-0.39, 0.29) is 6.54 Å². The Labute approximate surface area is 123 Å². The van der Waals surface area contributed by atoms with Gasteiger partial charge in [0.2, 0.25) is 5.91 Å². The molecule has 1 aromatic carbocycles. The Morgan fingerprint density at radius 1 is 1.43 bits per heavy atom. The first-order chi connectivity index (χ1) is 9.81. The molecule has 0 unspecified atom stereocenters. The molecule has 1 aromatic rings. The van der Waals surface area contributed by atoms with E-state index < -0.39 is 30.3 Å². The molecule has 114 valence electrons. The highest BCUT2D eigenvalue weighted by molar-refractivity contribution is 5.98. The third kappa shape index (κ3) is 3.52. The van der Waals surface area contributed by atoms with Crippen LogP contribution in [0.2, 0.25) is 0 Å². The molecule has 6 nitrogen and oxygen atoms in total. The lowest BCUT2D eigenvalue weighted by Gasteiger charge is -2.30. The monoisotopic (exact) mass is 292 g/mol. The van der Waals surface area contributed by atoms with Gasteiger partial charge in [0.25, 0.3) is 0 Å². The van der Waals surface area contributed by atoms with Crippen molar-refractivity contribution in [2.24, 2.45) is 0 Å². The summed E-state index contributed by atoms with van der Waals surface area (Å²) in [7, 11) is 0. The minimum Gasteiger partial charge on any atom is -0.444 e. The highest BCUT2D eigenvalue weighted by Gasteiger charge is 2.35. The first-order valence-electron chi connectivity index (χ1n) is 6.81. The van der Waals surface area contributed by atoms with Crippen molar-refractivity contribution < 1.29 is 19.4 Å². The van der Waals surface area contributed by atoms with E-state index in [0.29, 0.717) is 5.69 Å². The highest BCUT2D eigenvalue weighted by Crippen LogP contribution is 2.24. The Hall–Kier alpha value is -2.08. The van der Waals surface area contributed by atoms with Gasteiger partial charge in [0.1, 0.15) is 11.6 Å². The summed E-state index contributed by atoms with van der Waals surface area (Å²) in [5.41, 5.74) is 0.777. The molecule has 0 fully saturated rings.